The molecule has 4 rings (SSSR count). The monoisotopic (exact) mass is 413 g/mol. The van der Waals surface area contributed by atoms with E-state index in [9.17, 15) is 8.42 Å². The van der Waals surface area contributed by atoms with Crippen LogP contribution in [0.1, 0.15) is 30.9 Å². The van der Waals surface area contributed by atoms with Crippen molar-refractivity contribution in [2.24, 2.45) is 5.92 Å². The lowest BCUT2D eigenvalue weighted by atomic mass is 9.64. The third kappa shape index (κ3) is 3.10. The lowest BCUT2D eigenvalue weighted by molar-refractivity contribution is 0.289. The molecular weight excluding hydrogens is 386 g/mol. The Morgan fingerprint density at radius 1 is 1.10 bits per heavy atom. The predicted octanol–water partition coefficient (Wildman–Crippen LogP) is 4.45. The van der Waals surface area contributed by atoms with Gasteiger partial charge in [0.05, 0.1) is 24.8 Å². The highest BCUT2D eigenvalue weighted by atomic mass is 32.2. The molecule has 0 bridgehead atoms. The Bertz CT molecular complexity index is 1060. The number of hydrogen-bond acceptors (Lipinski definition) is 4. The molecule has 0 unspecified atom stereocenters. The lowest BCUT2D eigenvalue weighted by Crippen LogP contribution is -2.49. The largest absolute Gasteiger partial charge is 0.497 e. The van der Waals surface area contributed by atoms with Crippen LogP contribution >= 0.6 is 0 Å². The maximum atomic E-state index is 13.7. The standard InChI is InChI=1S/C23H27NO4S/c1-16-8-10-19(11-9-16)29(25,26)24-15-17-7-5-6-12-23(17,2)22-20(24)13-18(27-3)14-21(22)28-4/h5,7-11,13-14,17H,6,12,15H2,1-4H3/t17-,23+/m1/s1. The van der Waals surface area contributed by atoms with Gasteiger partial charge < -0.3 is 9.47 Å². The van der Waals surface area contributed by atoms with E-state index in [1.54, 1.807) is 26.4 Å². The van der Waals surface area contributed by atoms with Gasteiger partial charge in [0.2, 0.25) is 0 Å². The molecule has 1 heterocycles. The molecule has 0 fully saturated rings. The zero-order chi connectivity index (χ0) is 20.8. The first-order valence-corrected chi connectivity index (χ1v) is 11.3. The summed E-state index contributed by atoms with van der Waals surface area (Å²) < 4.78 is 40.0. The number of rotatable bonds is 4. The summed E-state index contributed by atoms with van der Waals surface area (Å²) in [5.74, 6) is 1.33. The first-order chi connectivity index (χ1) is 13.8. The number of hydrogen-bond donors (Lipinski definition) is 0. The van der Waals surface area contributed by atoms with Crippen LogP contribution in [-0.2, 0) is 15.4 Å². The minimum atomic E-state index is -3.73. The summed E-state index contributed by atoms with van der Waals surface area (Å²) in [4.78, 5) is 0.291. The second kappa shape index (κ2) is 7.10. The van der Waals surface area contributed by atoms with Crippen molar-refractivity contribution >= 4 is 15.7 Å². The van der Waals surface area contributed by atoms with Gasteiger partial charge in [-0.1, -0.05) is 36.8 Å². The summed E-state index contributed by atoms with van der Waals surface area (Å²) in [5, 5.41) is 0. The molecule has 2 aromatic rings. The first kappa shape index (κ1) is 19.8. The third-order valence-corrected chi connectivity index (χ3v) is 8.13. The SMILES string of the molecule is COc1cc(OC)c2c(c1)N(S(=O)(=O)c1ccc(C)cc1)C[C@H]1C=CCC[C@]21C. The van der Waals surface area contributed by atoms with E-state index in [2.05, 4.69) is 19.1 Å². The van der Waals surface area contributed by atoms with Crippen LogP contribution in [0.25, 0.3) is 0 Å². The van der Waals surface area contributed by atoms with Crippen LogP contribution in [0.15, 0.2) is 53.4 Å². The van der Waals surface area contributed by atoms with E-state index in [-0.39, 0.29) is 11.3 Å². The van der Waals surface area contributed by atoms with Crippen molar-refractivity contribution in [2.75, 3.05) is 25.1 Å². The van der Waals surface area contributed by atoms with Crippen molar-refractivity contribution < 1.29 is 17.9 Å². The fourth-order valence-corrected chi connectivity index (χ4v) is 6.08. The van der Waals surface area contributed by atoms with Gasteiger partial charge in [-0.2, -0.15) is 0 Å². The fourth-order valence-electron chi connectivity index (χ4n) is 4.58. The van der Waals surface area contributed by atoms with Crippen molar-refractivity contribution in [1.29, 1.82) is 0 Å². The molecule has 0 amide bonds. The van der Waals surface area contributed by atoms with E-state index in [1.165, 1.54) is 4.31 Å². The molecule has 154 valence electrons. The number of methoxy groups -OCH3 is 2. The van der Waals surface area contributed by atoms with Gasteiger partial charge in [-0.3, -0.25) is 4.31 Å². The first-order valence-electron chi connectivity index (χ1n) is 9.84. The molecule has 0 aromatic heterocycles. The predicted molar refractivity (Wildman–Crippen MR) is 114 cm³/mol. The average Bonchev–Trinajstić information content (AvgIpc) is 2.72. The molecule has 1 aliphatic heterocycles. The van der Waals surface area contributed by atoms with E-state index in [4.69, 9.17) is 9.47 Å². The molecule has 0 N–H and O–H groups in total. The molecule has 1 aliphatic carbocycles. The highest BCUT2D eigenvalue weighted by Crippen LogP contribution is 2.54. The van der Waals surface area contributed by atoms with Gasteiger partial charge in [-0.05, 0) is 31.9 Å². The topological polar surface area (TPSA) is 55.8 Å². The summed E-state index contributed by atoms with van der Waals surface area (Å²) in [6.45, 7) is 4.55. The zero-order valence-corrected chi connectivity index (χ0v) is 18.1. The number of sulfonamides is 1. The van der Waals surface area contributed by atoms with Crippen molar-refractivity contribution in [2.45, 2.75) is 37.0 Å². The minimum absolute atomic E-state index is 0.0752. The summed E-state index contributed by atoms with van der Waals surface area (Å²) >= 11 is 0. The van der Waals surface area contributed by atoms with E-state index >= 15 is 0 Å². The fraction of sp³-hybridized carbons (Fsp3) is 0.391. The van der Waals surface area contributed by atoms with E-state index in [0.29, 0.717) is 28.6 Å². The number of fused-ring (bicyclic) bond motifs is 3. The molecule has 0 radical (unpaired) electrons. The molecule has 2 atom stereocenters. The second-order valence-electron chi connectivity index (χ2n) is 8.06. The van der Waals surface area contributed by atoms with Gasteiger partial charge >= 0.3 is 0 Å². The van der Waals surface area contributed by atoms with E-state index in [1.807, 2.05) is 31.2 Å². The number of aryl methyl sites for hydroxylation is 1. The molecule has 0 spiro atoms. The summed E-state index contributed by atoms with van der Waals surface area (Å²) in [6.07, 6.45) is 6.23. The number of anilines is 1. The lowest BCUT2D eigenvalue weighted by Gasteiger charge is -2.48. The summed E-state index contributed by atoms with van der Waals surface area (Å²) in [7, 11) is -0.527. The molecule has 29 heavy (non-hydrogen) atoms. The Kier molecular flexibility index (Phi) is 4.85. The molecule has 0 saturated heterocycles. The van der Waals surface area contributed by atoms with Gasteiger partial charge in [0, 0.05) is 35.6 Å². The van der Waals surface area contributed by atoms with Gasteiger partial charge in [0.25, 0.3) is 10.0 Å². The molecule has 2 aromatic carbocycles. The highest BCUT2D eigenvalue weighted by Gasteiger charge is 2.48. The average molecular weight is 414 g/mol. The van der Waals surface area contributed by atoms with Crippen LogP contribution in [0.4, 0.5) is 5.69 Å². The van der Waals surface area contributed by atoms with Gasteiger partial charge in [-0.25, -0.2) is 8.42 Å². The van der Waals surface area contributed by atoms with Gasteiger partial charge in [0.15, 0.2) is 0 Å². The van der Waals surface area contributed by atoms with Crippen LogP contribution in [0.3, 0.4) is 0 Å². The van der Waals surface area contributed by atoms with Crippen LogP contribution in [0, 0.1) is 12.8 Å². The molecule has 5 nitrogen and oxygen atoms in total. The second-order valence-corrected chi connectivity index (χ2v) is 9.93. The van der Waals surface area contributed by atoms with Gasteiger partial charge in [0.1, 0.15) is 11.5 Å². The number of ether oxygens (including phenoxy) is 2. The van der Waals surface area contributed by atoms with E-state index in [0.717, 1.165) is 24.0 Å². The van der Waals surface area contributed by atoms with Crippen molar-refractivity contribution in [1.82, 2.24) is 0 Å². The number of nitrogens with zero attached hydrogens (tertiary/aromatic N) is 1. The number of benzene rings is 2. The number of allylic oxidation sites excluding steroid dienone is 1. The maximum absolute atomic E-state index is 13.7. The van der Waals surface area contributed by atoms with Crippen molar-refractivity contribution in [3.63, 3.8) is 0 Å². The Morgan fingerprint density at radius 2 is 1.83 bits per heavy atom. The van der Waals surface area contributed by atoms with Crippen molar-refractivity contribution in [3.8, 4) is 11.5 Å². The van der Waals surface area contributed by atoms with Crippen LogP contribution < -0.4 is 13.8 Å². The smallest absolute Gasteiger partial charge is 0.264 e. The van der Waals surface area contributed by atoms with E-state index < -0.39 is 10.0 Å². The van der Waals surface area contributed by atoms with Crippen LogP contribution in [-0.4, -0.2) is 29.2 Å². The Balaban J connectivity index is 1.97. The van der Waals surface area contributed by atoms with Gasteiger partial charge in [-0.15, -0.1) is 0 Å². The Morgan fingerprint density at radius 3 is 2.48 bits per heavy atom. The highest BCUT2D eigenvalue weighted by molar-refractivity contribution is 7.92. The Labute approximate surface area is 173 Å². The van der Waals surface area contributed by atoms with Crippen molar-refractivity contribution in [3.05, 3.63) is 59.7 Å². The summed E-state index contributed by atoms with van der Waals surface area (Å²) in [5.41, 5.74) is 2.42. The molecular formula is C23H27NO4S. The summed E-state index contributed by atoms with van der Waals surface area (Å²) in [6, 6.07) is 10.7. The Hall–Kier alpha value is -2.47. The molecule has 2 aliphatic rings. The van der Waals surface area contributed by atoms with Crippen LogP contribution in [0.2, 0.25) is 0 Å². The molecule has 6 heteroatoms. The zero-order valence-electron chi connectivity index (χ0n) is 17.3. The quantitative estimate of drug-likeness (QED) is 0.695. The minimum Gasteiger partial charge on any atom is -0.497 e. The van der Waals surface area contributed by atoms with Crippen LogP contribution in [0.5, 0.6) is 11.5 Å². The normalized spacial score (nSPS) is 23.3. The third-order valence-electron chi connectivity index (χ3n) is 6.34. The maximum Gasteiger partial charge on any atom is 0.264 e. The molecule has 0 saturated carbocycles.